The number of allylic oxidation sites excluding steroid dienone is 2. The zero-order valence-electron chi connectivity index (χ0n) is 13.1. The van der Waals surface area contributed by atoms with E-state index in [4.69, 9.17) is 5.73 Å². The maximum atomic E-state index is 14.5. The van der Waals surface area contributed by atoms with Crippen LogP contribution in [0.5, 0.6) is 0 Å². The number of hydrogen-bond acceptors (Lipinski definition) is 5. The van der Waals surface area contributed by atoms with Crippen LogP contribution in [0.4, 0.5) is 4.39 Å². The molecule has 0 saturated heterocycles. The quantitative estimate of drug-likeness (QED) is 0.707. The van der Waals surface area contributed by atoms with Crippen LogP contribution >= 0.6 is 15.9 Å². The number of rotatable bonds is 1. The molecule has 0 fully saturated rings. The molecule has 3 rings (SSSR count). The number of halogens is 2. The molecule has 0 radical (unpaired) electrons. The molecule has 1 heterocycles. The molecule has 1 aromatic carbocycles. The molecule has 25 heavy (non-hydrogen) atoms. The van der Waals surface area contributed by atoms with Gasteiger partial charge in [0, 0.05) is 29.4 Å². The molecule has 0 unspecified atom stereocenters. The van der Waals surface area contributed by atoms with Crippen molar-refractivity contribution < 1.29 is 4.39 Å². The fourth-order valence-electron chi connectivity index (χ4n) is 3.67. The molecule has 3 N–H and O–H groups in total. The third-order valence-corrected chi connectivity index (χ3v) is 5.31. The van der Waals surface area contributed by atoms with Crippen LogP contribution in [0.3, 0.4) is 0 Å². The van der Waals surface area contributed by atoms with Gasteiger partial charge in [0.15, 0.2) is 0 Å². The SMILES string of the molecule is N#CC1=C(N)C(C#N)(C#N)C2=CCNC[C@@H]2[C@H]1c1cc(Br)ccc1F. The molecule has 0 saturated carbocycles. The molecule has 2 aliphatic rings. The number of hydrogen-bond donors (Lipinski definition) is 2. The van der Waals surface area contributed by atoms with Gasteiger partial charge in [0.05, 0.1) is 29.5 Å². The topological polar surface area (TPSA) is 109 Å². The largest absolute Gasteiger partial charge is 0.399 e. The summed E-state index contributed by atoms with van der Waals surface area (Å²) in [5, 5.41) is 32.2. The van der Waals surface area contributed by atoms with E-state index in [2.05, 4.69) is 21.2 Å². The number of nitriles is 3. The minimum atomic E-state index is -1.68. The van der Waals surface area contributed by atoms with Gasteiger partial charge in [-0.15, -0.1) is 0 Å². The van der Waals surface area contributed by atoms with Gasteiger partial charge in [0.25, 0.3) is 0 Å². The summed E-state index contributed by atoms with van der Waals surface area (Å²) in [4.78, 5) is 0. The molecular formula is C18H13BrFN5. The number of benzene rings is 1. The number of fused-ring (bicyclic) bond motifs is 1. The van der Waals surface area contributed by atoms with E-state index in [0.29, 0.717) is 28.7 Å². The maximum Gasteiger partial charge on any atom is 0.204 e. The lowest BCUT2D eigenvalue weighted by Gasteiger charge is -2.42. The molecule has 124 valence electrons. The van der Waals surface area contributed by atoms with Crippen LogP contribution in [0.15, 0.2) is 45.6 Å². The van der Waals surface area contributed by atoms with E-state index in [9.17, 15) is 20.2 Å². The zero-order chi connectivity index (χ0) is 18.2. The Kier molecular flexibility index (Phi) is 4.35. The van der Waals surface area contributed by atoms with Gasteiger partial charge in [-0.25, -0.2) is 4.39 Å². The van der Waals surface area contributed by atoms with Crippen molar-refractivity contribution in [3.8, 4) is 18.2 Å². The molecule has 0 amide bonds. The number of nitrogens with zero attached hydrogens (tertiary/aromatic N) is 3. The Hall–Kier alpha value is -2.66. The van der Waals surface area contributed by atoms with Crippen LogP contribution in [0, 0.1) is 51.1 Å². The first-order valence-electron chi connectivity index (χ1n) is 7.59. The summed E-state index contributed by atoms with van der Waals surface area (Å²) in [5.74, 6) is -1.52. The lowest BCUT2D eigenvalue weighted by Crippen LogP contribution is -2.46. The van der Waals surface area contributed by atoms with E-state index in [1.54, 1.807) is 18.2 Å². The molecule has 0 bridgehead atoms. The van der Waals surface area contributed by atoms with Gasteiger partial charge < -0.3 is 11.1 Å². The van der Waals surface area contributed by atoms with Gasteiger partial charge in [0.1, 0.15) is 5.82 Å². The summed E-state index contributed by atoms with van der Waals surface area (Å²) >= 11 is 3.33. The molecule has 1 aliphatic carbocycles. The van der Waals surface area contributed by atoms with E-state index in [1.165, 1.54) is 6.07 Å². The van der Waals surface area contributed by atoms with Gasteiger partial charge in [0.2, 0.25) is 5.41 Å². The summed E-state index contributed by atoms with van der Waals surface area (Å²) in [6.45, 7) is 0.909. The van der Waals surface area contributed by atoms with Crippen LogP contribution in [-0.2, 0) is 0 Å². The van der Waals surface area contributed by atoms with E-state index in [1.807, 2.05) is 18.2 Å². The van der Waals surface area contributed by atoms with Crippen LogP contribution in [-0.4, -0.2) is 13.1 Å². The highest BCUT2D eigenvalue weighted by Gasteiger charge is 2.52. The second kappa shape index (κ2) is 6.33. The van der Waals surface area contributed by atoms with Crippen LogP contribution in [0.2, 0.25) is 0 Å². The average Bonchev–Trinajstić information content (AvgIpc) is 2.63. The lowest BCUT2D eigenvalue weighted by molar-refractivity contribution is 0.397. The highest BCUT2D eigenvalue weighted by Crippen LogP contribution is 2.52. The van der Waals surface area contributed by atoms with Crippen molar-refractivity contribution >= 4 is 15.9 Å². The minimum absolute atomic E-state index is 0.0750. The summed E-state index contributed by atoms with van der Waals surface area (Å²) in [6, 6.07) is 10.5. The van der Waals surface area contributed by atoms with Gasteiger partial charge in [-0.3, -0.25) is 0 Å². The Morgan fingerprint density at radius 2 is 2.00 bits per heavy atom. The van der Waals surface area contributed by atoms with Crippen molar-refractivity contribution in [1.82, 2.24) is 5.32 Å². The minimum Gasteiger partial charge on any atom is -0.399 e. The maximum absolute atomic E-state index is 14.5. The molecule has 2 atom stereocenters. The molecule has 5 nitrogen and oxygen atoms in total. The Bertz CT molecular complexity index is 914. The van der Waals surface area contributed by atoms with Crippen molar-refractivity contribution in [2.24, 2.45) is 17.1 Å². The van der Waals surface area contributed by atoms with Crippen molar-refractivity contribution in [1.29, 1.82) is 15.8 Å². The highest BCUT2D eigenvalue weighted by molar-refractivity contribution is 9.10. The van der Waals surface area contributed by atoms with Crippen LogP contribution < -0.4 is 11.1 Å². The van der Waals surface area contributed by atoms with Gasteiger partial charge in [-0.2, -0.15) is 15.8 Å². The second-order valence-corrected chi connectivity index (χ2v) is 6.90. The average molecular weight is 398 g/mol. The fourth-order valence-corrected chi connectivity index (χ4v) is 4.05. The third kappa shape index (κ3) is 2.43. The number of nitrogens with two attached hydrogens (primary N) is 1. The zero-order valence-corrected chi connectivity index (χ0v) is 14.6. The van der Waals surface area contributed by atoms with Crippen LogP contribution in [0.1, 0.15) is 11.5 Å². The van der Waals surface area contributed by atoms with E-state index >= 15 is 0 Å². The molecule has 1 aromatic rings. The van der Waals surface area contributed by atoms with Crippen molar-refractivity contribution in [2.75, 3.05) is 13.1 Å². The Balaban J connectivity index is 2.35. The Labute approximate surface area is 153 Å². The Morgan fingerprint density at radius 3 is 2.64 bits per heavy atom. The van der Waals surface area contributed by atoms with Gasteiger partial charge in [-0.05, 0) is 29.3 Å². The number of nitrogens with one attached hydrogen (secondary N) is 1. The fraction of sp³-hybridized carbons (Fsp3) is 0.278. The van der Waals surface area contributed by atoms with Crippen molar-refractivity contribution in [3.05, 3.63) is 57.0 Å². The van der Waals surface area contributed by atoms with E-state index in [-0.39, 0.29) is 11.3 Å². The molecule has 0 spiro atoms. The Morgan fingerprint density at radius 1 is 1.28 bits per heavy atom. The summed E-state index contributed by atoms with van der Waals surface area (Å²) < 4.78 is 15.2. The second-order valence-electron chi connectivity index (χ2n) is 5.98. The normalized spacial score (nSPS) is 24.4. The smallest absolute Gasteiger partial charge is 0.204 e. The summed E-state index contributed by atoms with van der Waals surface area (Å²) in [6.07, 6.45) is 1.75. The van der Waals surface area contributed by atoms with E-state index < -0.39 is 23.1 Å². The van der Waals surface area contributed by atoms with Crippen molar-refractivity contribution in [3.63, 3.8) is 0 Å². The molecule has 0 aromatic heterocycles. The first-order chi connectivity index (χ1) is 12.0. The predicted molar refractivity (Wildman–Crippen MR) is 91.8 cm³/mol. The van der Waals surface area contributed by atoms with Gasteiger partial charge >= 0.3 is 0 Å². The van der Waals surface area contributed by atoms with Crippen LogP contribution in [0.25, 0.3) is 0 Å². The summed E-state index contributed by atoms with van der Waals surface area (Å²) in [7, 11) is 0. The first kappa shape index (κ1) is 17.2. The summed E-state index contributed by atoms with van der Waals surface area (Å²) in [5.41, 5.74) is 5.27. The van der Waals surface area contributed by atoms with E-state index in [0.717, 1.165) is 0 Å². The predicted octanol–water partition coefficient (Wildman–Crippen LogP) is 2.60. The monoisotopic (exact) mass is 397 g/mol. The first-order valence-corrected chi connectivity index (χ1v) is 8.38. The standard InChI is InChI=1S/C18H13BrFN5/c19-10-1-2-15(20)11(5-10)16-12(6-21)17(24)18(8-22,9-23)14-3-4-25-7-13(14)16/h1-3,5,13,16,25H,4,7,24H2/t13-,16-/m0/s1. The van der Waals surface area contributed by atoms with Crippen molar-refractivity contribution in [2.45, 2.75) is 5.92 Å². The molecule has 7 heteroatoms. The molecule has 1 aliphatic heterocycles. The van der Waals surface area contributed by atoms with Gasteiger partial charge in [-0.1, -0.05) is 22.0 Å². The molecular weight excluding hydrogens is 385 g/mol. The third-order valence-electron chi connectivity index (χ3n) is 4.82. The highest BCUT2D eigenvalue weighted by atomic mass is 79.9. The lowest BCUT2D eigenvalue weighted by atomic mass is 9.60.